The lowest BCUT2D eigenvalue weighted by atomic mass is 10.2. The van der Waals surface area contributed by atoms with Crippen molar-refractivity contribution in [3.63, 3.8) is 0 Å². The Morgan fingerprint density at radius 2 is 2.05 bits per heavy atom. The van der Waals surface area contributed by atoms with Gasteiger partial charge in [0.05, 0.1) is 12.3 Å². The maximum atomic E-state index is 12.8. The molecule has 0 aliphatic carbocycles. The molecule has 6 heteroatoms. The molecule has 1 aromatic heterocycles. The van der Waals surface area contributed by atoms with Crippen LogP contribution in [0.25, 0.3) is 0 Å². The van der Waals surface area contributed by atoms with E-state index in [1.165, 1.54) is 24.3 Å². The molecule has 0 spiro atoms. The second kappa shape index (κ2) is 7.61. The van der Waals surface area contributed by atoms with Crippen molar-refractivity contribution in [2.75, 3.05) is 27.2 Å². The third-order valence-corrected chi connectivity index (χ3v) is 3.17. The Labute approximate surface area is 128 Å². The molecule has 0 aliphatic heterocycles. The minimum Gasteiger partial charge on any atom is -0.484 e. The molecule has 0 saturated heterocycles. The zero-order valence-electron chi connectivity index (χ0n) is 12.6. The second-order valence-electron chi connectivity index (χ2n) is 5.04. The SMILES string of the molecule is CN(C)[C@H](CNC(=O)COc1ccc(F)cc1)c1ccco1. The summed E-state index contributed by atoms with van der Waals surface area (Å²) in [5.41, 5.74) is 0. The largest absolute Gasteiger partial charge is 0.484 e. The molecule has 0 fully saturated rings. The van der Waals surface area contributed by atoms with Gasteiger partial charge in [-0.05, 0) is 50.5 Å². The second-order valence-corrected chi connectivity index (χ2v) is 5.04. The minimum absolute atomic E-state index is 0.0511. The molecule has 2 aromatic rings. The van der Waals surface area contributed by atoms with Gasteiger partial charge < -0.3 is 14.5 Å². The van der Waals surface area contributed by atoms with E-state index in [1.54, 1.807) is 6.26 Å². The molecule has 5 nitrogen and oxygen atoms in total. The molecular formula is C16H19FN2O3. The van der Waals surface area contributed by atoms with Gasteiger partial charge in [0.15, 0.2) is 6.61 Å². The number of hydrogen-bond donors (Lipinski definition) is 1. The quantitative estimate of drug-likeness (QED) is 0.852. The lowest BCUT2D eigenvalue weighted by molar-refractivity contribution is -0.123. The monoisotopic (exact) mass is 306 g/mol. The number of hydrogen-bond acceptors (Lipinski definition) is 4. The number of carbonyl (C=O) groups excluding carboxylic acids is 1. The normalized spacial score (nSPS) is 12.2. The van der Waals surface area contributed by atoms with Crippen LogP contribution in [0.15, 0.2) is 47.1 Å². The van der Waals surface area contributed by atoms with Crippen LogP contribution in [-0.2, 0) is 4.79 Å². The van der Waals surface area contributed by atoms with Crippen molar-refractivity contribution in [3.05, 3.63) is 54.2 Å². The molecule has 2 rings (SSSR count). The van der Waals surface area contributed by atoms with Crippen molar-refractivity contribution >= 4 is 5.91 Å². The molecule has 0 unspecified atom stereocenters. The summed E-state index contributed by atoms with van der Waals surface area (Å²) >= 11 is 0. The summed E-state index contributed by atoms with van der Waals surface area (Å²) in [6.45, 7) is 0.288. The van der Waals surface area contributed by atoms with Crippen LogP contribution in [0, 0.1) is 5.82 Å². The molecule has 1 heterocycles. The molecule has 1 aromatic carbocycles. The van der Waals surface area contributed by atoms with Gasteiger partial charge in [0.25, 0.3) is 5.91 Å². The van der Waals surface area contributed by atoms with Gasteiger partial charge in [-0.2, -0.15) is 0 Å². The summed E-state index contributed by atoms with van der Waals surface area (Å²) in [5, 5.41) is 2.79. The van der Waals surface area contributed by atoms with Gasteiger partial charge in [0.1, 0.15) is 17.3 Å². The summed E-state index contributed by atoms with van der Waals surface area (Å²) in [5.74, 6) is 0.642. The minimum atomic E-state index is -0.343. The van der Waals surface area contributed by atoms with Gasteiger partial charge >= 0.3 is 0 Å². The molecule has 1 N–H and O–H groups in total. The fraction of sp³-hybridized carbons (Fsp3) is 0.312. The number of amides is 1. The first kappa shape index (κ1) is 16.0. The number of nitrogens with zero attached hydrogens (tertiary/aromatic N) is 1. The van der Waals surface area contributed by atoms with Gasteiger partial charge in [-0.15, -0.1) is 0 Å². The molecule has 118 valence electrons. The van der Waals surface area contributed by atoms with Crippen molar-refractivity contribution < 1.29 is 18.3 Å². The van der Waals surface area contributed by atoms with Gasteiger partial charge in [-0.3, -0.25) is 9.69 Å². The average molecular weight is 306 g/mol. The molecular weight excluding hydrogens is 287 g/mol. The van der Waals surface area contributed by atoms with Gasteiger partial charge in [0.2, 0.25) is 0 Å². The number of furan rings is 1. The Hall–Kier alpha value is -2.34. The first-order valence-corrected chi connectivity index (χ1v) is 6.91. The smallest absolute Gasteiger partial charge is 0.258 e. The van der Waals surface area contributed by atoms with Crippen LogP contribution in [0.1, 0.15) is 11.8 Å². The third kappa shape index (κ3) is 4.60. The van der Waals surface area contributed by atoms with E-state index in [1.807, 2.05) is 31.1 Å². The number of rotatable bonds is 7. The van der Waals surface area contributed by atoms with Gasteiger partial charge in [0, 0.05) is 6.54 Å². The number of ether oxygens (including phenoxy) is 1. The van der Waals surface area contributed by atoms with Crippen LogP contribution in [0.3, 0.4) is 0 Å². The highest BCUT2D eigenvalue weighted by Crippen LogP contribution is 2.17. The average Bonchev–Trinajstić information content (AvgIpc) is 3.00. The van der Waals surface area contributed by atoms with Crippen molar-refractivity contribution in [3.8, 4) is 5.75 Å². The van der Waals surface area contributed by atoms with Crippen LogP contribution >= 0.6 is 0 Å². The topological polar surface area (TPSA) is 54.7 Å². The predicted octanol–water partition coefficient (Wildman–Crippen LogP) is 2.22. The first-order valence-electron chi connectivity index (χ1n) is 6.91. The Balaban J connectivity index is 1.80. The van der Waals surface area contributed by atoms with E-state index in [0.29, 0.717) is 12.3 Å². The highest BCUT2D eigenvalue weighted by Gasteiger charge is 2.17. The summed E-state index contributed by atoms with van der Waals surface area (Å²) in [7, 11) is 3.82. The summed E-state index contributed by atoms with van der Waals surface area (Å²) < 4.78 is 23.4. The van der Waals surface area contributed by atoms with Crippen molar-refractivity contribution in [1.29, 1.82) is 0 Å². The van der Waals surface area contributed by atoms with E-state index in [-0.39, 0.29) is 24.4 Å². The third-order valence-electron chi connectivity index (χ3n) is 3.17. The maximum Gasteiger partial charge on any atom is 0.258 e. The van der Waals surface area contributed by atoms with E-state index in [4.69, 9.17) is 9.15 Å². The molecule has 0 radical (unpaired) electrons. The first-order chi connectivity index (χ1) is 10.6. The molecule has 1 amide bonds. The van der Waals surface area contributed by atoms with Crippen LogP contribution in [0.4, 0.5) is 4.39 Å². The lowest BCUT2D eigenvalue weighted by Crippen LogP contribution is -2.36. The number of likely N-dealkylation sites (N-methyl/N-ethyl adjacent to an activating group) is 1. The molecule has 0 aliphatic rings. The Morgan fingerprint density at radius 3 is 2.64 bits per heavy atom. The highest BCUT2D eigenvalue weighted by atomic mass is 19.1. The van der Waals surface area contributed by atoms with Crippen LogP contribution < -0.4 is 10.1 Å². The zero-order valence-corrected chi connectivity index (χ0v) is 12.6. The van der Waals surface area contributed by atoms with E-state index in [9.17, 15) is 9.18 Å². The fourth-order valence-electron chi connectivity index (χ4n) is 1.96. The maximum absolute atomic E-state index is 12.8. The Kier molecular flexibility index (Phi) is 5.55. The van der Waals surface area contributed by atoms with Crippen molar-refractivity contribution in [2.45, 2.75) is 6.04 Å². The van der Waals surface area contributed by atoms with Crippen LogP contribution in [0.5, 0.6) is 5.75 Å². The lowest BCUT2D eigenvalue weighted by Gasteiger charge is -2.22. The number of nitrogens with one attached hydrogen (secondary N) is 1. The fourth-order valence-corrected chi connectivity index (χ4v) is 1.96. The van der Waals surface area contributed by atoms with E-state index in [2.05, 4.69) is 5.32 Å². The van der Waals surface area contributed by atoms with Gasteiger partial charge in [-0.1, -0.05) is 0 Å². The van der Waals surface area contributed by atoms with Crippen LogP contribution in [-0.4, -0.2) is 38.1 Å². The summed E-state index contributed by atoms with van der Waals surface area (Å²) in [4.78, 5) is 13.8. The van der Waals surface area contributed by atoms with Crippen molar-refractivity contribution in [2.24, 2.45) is 0 Å². The highest BCUT2D eigenvalue weighted by molar-refractivity contribution is 5.77. The predicted molar refractivity (Wildman–Crippen MR) is 80.0 cm³/mol. The van der Waals surface area contributed by atoms with E-state index in [0.717, 1.165) is 5.76 Å². The Bertz CT molecular complexity index is 582. The zero-order chi connectivity index (χ0) is 15.9. The standard InChI is InChI=1S/C16H19FN2O3/c1-19(2)14(15-4-3-9-21-15)10-18-16(20)11-22-13-7-5-12(17)6-8-13/h3-9,14H,10-11H2,1-2H3,(H,18,20)/t14-/m1/s1. The summed E-state index contributed by atoms with van der Waals surface area (Å²) in [6, 6.07) is 9.15. The number of benzene rings is 1. The van der Waals surface area contributed by atoms with Crippen LogP contribution in [0.2, 0.25) is 0 Å². The van der Waals surface area contributed by atoms with E-state index >= 15 is 0 Å². The Morgan fingerprint density at radius 1 is 1.32 bits per heavy atom. The molecule has 0 saturated carbocycles. The van der Waals surface area contributed by atoms with Gasteiger partial charge in [-0.25, -0.2) is 4.39 Å². The molecule has 0 bridgehead atoms. The molecule has 1 atom stereocenters. The molecule has 22 heavy (non-hydrogen) atoms. The number of halogens is 1. The van der Waals surface area contributed by atoms with E-state index < -0.39 is 0 Å². The van der Waals surface area contributed by atoms with Crippen molar-refractivity contribution in [1.82, 2.24) is 10.2 Å². The summed E-state index contributed by atoms with van der Waals surface area (Å²) in [6.07, 6.45) is 1.60. The number of carbonyl (C=O) groups is 1.